The van der Waals surface area contributed by atoms with Crippen LogP contribution in [0.2, 0.25) is 5.02 Å². The second-order valence-electron chi connectivity index (χ2n) is 6.34. The van der Waals surface area contributed by atoms with E-state index in [0.29, 0.717) is 26.9 Å². The second kappa shape index (κ2) is 9.58. The highest BCUT2D eigenvalue weighted by Gasteiger charge is 2.35. The largest absolute Gasteiger partial charge is 0.344 e. The lowest BCUT2D eigenvalue weighted by Crippen LogP contribution is -2.43. The number of carbonyl (C=O) groups excluding carboxylic acids is 1. The van der Waals surface area contributed by atoms with Crippen molar-refractivity contribution in [3.8, 4) is 0 Å². The number of hydrogen-bond donors (Lipinski definition) is 2. The Kier molecular flexibility index (Phi) is 7.39. The van der Waals surface area contributed by atoms with Gasteiger partial charge in [-0.25, -0.2) is 4.98 Å². The first-order valence-electron chi connectivity index (χ1n) is 8.79. The van der Waals surface area contributed by atoms with Crippen LogP contribution in [-0.4, -0.2) is 32.3 Å². The van der Waals surface area contributed by atoms with Crippen LogP contribution in [0, 0.1) is 12.9 Å². The summed E-state index contributed by atoms with van der Waals surface area (Å²) in [6.07, 6.45) is 3.01. The van der Waals surface area contributed by atoms with E-state index in [9.17, 15) is 19.4 Å². The van der Waals surface area contributed by atoms with E-state index < -0.39 is 11.9 Å². The van der Waals surface area contributed by atoms with Gasteiger partial charge in [0.05, 0.1) is 5.56 Å². The van der Waals surface area contributed by atoms with Crippen molar-refractivity contribution in [3.05, 3.63) is 101 Å². The van der Waals surface area contributed by atoms with Crippen LogP contribution in [0.5, 0.6) is 0 Å². The molecule has 0 aliphatic carbocycles. The van der Waals surface area contributed by atoms with Gasteiger partial charge in [0.2, 0.25) is 12.4 Å². The summed E-state index contributed by atoms with van der Waals surface area (Å²) in [6.45, 7) is 10.7. The van der Waals surface area contributed by atoms with Gasteiger partial charge >= 0.3 is 0 Å². The van der Waals surface area contributed by atoms with Gasteiger partial charge < -0.3 is 10.2 Å². The number of amides is 1. The average Bonchev–Trinajstić information content (AvgIpc) is 2.71. The molecule has 0 atom stereocenters. The molecule has 1 heterocycles. The van der Waals surface area contributed by atoms with Gasteiger partial charge in [0.25, 0.3) is 5.91 Å². The molecule has 6 nitrogen and oxygen atoms in total. The van der Waals surface area contributed by atoms with Gasteiger partial charge in [-0.05, 0) is 43.7 Å². The van der Waals surface area contributed by atoms with Crippen LogP contribution in [0.1, 0.15) is 23.7 Å². The summed E-state index contributed by atoms with van der Waals surface area (Å²) < 4.78 is 14.7. The number of aliphatic hydroxyl groups is 2. The fraction of sp³-hybridized carbons (Fsp3) is 0.136. The number of pyridine rings is 1. The average molecular weight is 430 g/mol. The zero-order valence-corrected chi connectivity index (χ0v) is 17.3. The second-order valence-corrected chi connectivity index (χ2v) is 6.77. The summed E-state index contributed by atoms with van der Waals surface area (Å²) in [5.41, 5.74) is 1.12. The summed E-state index contributed by atoms with van der Waals surface area (Å²) in [5.74, 6) is -3.68. The molecule has 1 aromatic carbocycles. The topological polar surface area (TPSA) is 86.0 Å². The summed E-state index contributed by atoms with van der Waals surface area (Å²) in [6, 6.07) is 8.48. The van der Waals surface area contributed by atoms with E-state index in [2.05, 4.69) is 23.2 Å². The third-order valence-corrected chi connectivity index (χ3v) is 4.54. The lowest BCUT2D eigenvalue weighted by Gasteiger charge is -2.29. The predicted molar refractivity (Wildman–Crippen MR) is 114 cm³/mol. The number of nitrogens with zero attached hydrogens (tertiary/aromatic N) is 3. The summed E-state index contributed by atoms with van der Waals surface area (Å²) >= 11 is 5.83. The van der Waals surface area contributed by atoms with Crippen molar-refractivity contribution >= 4 is 23.7 Å². The van der Waals surface area contributed by atoms with E-state index in [1.165, 1.54) is 42.5 Å². The van der Waals surface area contributed by atoms with Gasteiger partial charge in [0, 0.05) is 21.9 Å². The fourth-order valence-electron chi connectivity index (χ4n) is 2.59. The Morgan fingerprint density at radius 2 is 1.83 bits per heavy atom. The van der Waals surface area contributed by atoms with E-state index in [0.717, 1.165) is 0 Å². The van der Waals surface area contributed by atoms with Gasteiger partial charge in [0.1, 0.15) is 5.71 Å². The number of halogens is 2. The van der Waals surface area contributed by atoms with Crippen LogP contribution in [-0.2, 0) is 10.7 Å². The van der Waals surface area contributed by atoms with Crippen molar-refractivity contribution in [2.45, 2.75) is 19.8 Å². The zero-order chi connectivity index (χ0) is 22.5. The SMILES string of the molecule is C=C/C(C)=C(C=C)/C(=N\N(C=O)C(O)(O)c1ccc(Cl)cc1)c1ccc(C)nc1F. The molecule has 30 heavy (non-hydrogen) atoms. The van der Waals surface area contributed by atoms with E-state index >= 15 is 0 Å². The molecule has 0 radical (unpaired) electrons. The molecule has 0 saturated heterocycles. The standard InChI is InChI=1S/C22H21ClFN3O3/c1-5-14(3)18(6-2)20(19-12-7-15(4)25-21(19)24)26-27(13-28)22(29,30)16-8-10-17(23)11-9-16/h5-13,29-30H,1-2H2,3-4H3/b18-14+,26-20+. The highest BCUT2D eigenvalue weighted by molar-refractivity contribution is 6.30. The molecule has 2 aromatic rings. The maximum absolute atomic E-state index is 14.7. The monoisotopic (exact) mass is 429 g/mol. The normalized spacial score (nSPS) is 12.8. The van der Waals surface area contributed by atoms with Crippen LogP contribution in [0.25, 0.3) is 0 Å². The number of hydrogen-bond acceptors (Lipinski definition) is 5. The van der Waals surface area contributed by atoms with Crippen LogP contribution in [0.15, 0.2) is 78.0 Å². The third-order valence-electron chi connectivity index (χ3n) is 4.29. The maximum Gasteiger partial charge on any atom is 0.297 e. The number of benzene rings is 1. The smallest absolute Gasteiger partial charge is 0.297 e. The highest BCUT2D eigenvalue weighted by Crippen LogP contribution is 2.26. The molecule has 0 unspecified atom stereocenters. The molecule has 0 aliphatic rings. The molecule has 0 aliphatic heterocycles. The first kappa shape index (κ1) is 23.2. The quantitative estimate of drug-likeness (QED) is 0.167. The van der Waals surface area contributed by atoms with E-state index in [1.807, 2.05) is 0 Å². The van der Waals surface area contributed by atoms with Crippen molar-refractivity contribution in [2.24, 2.45) is 5.10 Å². The van der Waals surface area contributed by atoms with Crippen LogP contribution in [0.3, 0.4) is 0 Å². The molecular weight excluding hydrogens is 409 g/mol. The van der Waals surface area contributed by atoms with E-state index in [4.69, 9.17) is 11.6 Å². The molecule has 0 spiro atoms. The Bertz CT molecular complexity index is 1030. The third kappa shape index (κ3) is 4.88. The molecule has 156 valence electrons. The summed E-state index contributed by atoms with van der Waals surface area (Å²) in [5, 5.41) is 26.0. The van der Waals surface area contributed by atoms with Crippen LogP contribution < -0.4 is 0 Å². The van der Waals surface area contributed by atoms with Gasteiger partial charge in [-0.3, -0.25) is 4.79 Å². The molecule has 8 heteroatoms. The van der Waals surface area contributed by atoms with Gasteiger partial charge in [0.15, 0.2) is 0 Å². The highest BCUT2D eigenvalue weighted by atomic mass is 35.5. The summed E-state index contributed by atoms with van der Waals surface area (Å²) in [4.78, 5) is 15.5. The number of aryl methyl sites for hydroxylation is 1. The molecule has 2 N–H and O–H groups in total. The number of hydrazone groups is 1. The van der Waals surface area contributed by atoms with Crippen molar-refractivity contribution in [1.29, 1.82) is 0 Å². The first-order valence-corrected chi connectivity index (χ1v) is 9.17. The number of carbonyl (C=O) groups is 1. The lowest BCUT2D eigenvalue weighted by molar-refractivity contribution is -0.262. The Morgan fingerprint density at radius 1 is 1.20 bits per heavy atom. The number of aromatic nitrogens is 1. The lowest BCUT2D eigenvalue weighted by atomic mass is 9.99. The van der Waals surface area contributed by atoms with Crippen molar-refractivity contribution in [2.75, 3.05) is 0 Å². The Balaban J connectivity index is 2.74. The first-order chi connectivity index (χ1) is 14.1. The fourth-order valence-corrected chi connectivity index (χ4v) is 2.72. The molecule has 0 saturated carbocycles. The molecule has 1 aromatic heterocycles. The van der Waals surface area contributed by atoms with Crippen molar-refractivity contribution < 1.29 is 19.4 Å². The zero-order valence-electron chi connectivity index (χ0n) is 16.5. The molecule has 0 bridgehead atoms. The minimum atomic E-state index is -2.83. The number of allylic oxidation sites excluding steroid dienone is 4. The van der Waals surface area contributed by atoms with Crippen LogP contribution in [0.4, 0.5) is 4.39 Å². The van der Waals surface area contributed by atoms with E-state index in [1.54, 1.807) is 19.9 Å². The Hall–Kier alpha value is -3.13. The molecule has 1 amide bonds. The van der Waals surface area contributed by atoms with Gasteiger partial charge in [-0.15, -0.1) is 0 Å². The Labute approximate surface area is 178 Å². The maximum atomic E-state index is 14.7. The van der Waals surface area contributed by atoms with Gasteiger partial charge in [-0.1, -0.05) is 49.0 Å². The van der Waals surface area contributed by atoms with E-state index in [-0.39, 0.29) is 23.2 Å². The molecule has 2 rings (SSSR count). The molecule has 0 fully saturated rings. The van der Waals surface area contributed by atoms with Crippen LogP contribution >= 0.6 is 11.6 Å². The van der Waals surface area contributed by atoms with Crippen molar-refractivity contribution in [1.82, 2.24) is 9.99 Å². The molecular formula is C22H21ClFN3O3. The minimum absolute atomic E-state index is 0.0598. The summed E-state index contributed by atoms with van der Waals surface area (Å²) in [7, 11) is 0. The predicted octanol–water partition coefficient (Wildman–Crippen LogP) is 3.83. The van der Waals surface area contributed by atoms with Crippen molar-refractivity contribution in [3.63, 3.8) is 0 Å². The van der Waals surface area contributed by atoms with Gasteiger partial charge in [-0.2, -0.15) is 14.5 Å². The Morgan fingerprint density at radius 3 is 2.33 bits per heavy atom. The number of rotatable bonds is 8. The minimum Gasteiger partial charge on any atom is -0.344 e.